The van der Waals surface area contributed by atoms with E-state index >= 15 is 4.39 Å². The summed E-state index contributed by atoms with van der Waals surface area (Å²) in [6, 6.07) is 3.86. The molecule has 2 aromatic heterocycles. The van der Waals surface area contributed by atoms with Gasteiger partial charge in [0, 0.05) is 42.8 Å². The summed E-state index contributed by atoms with van der Waals surface area (Å²) in [7, 11) is 0. The fourth-order valence-corrected chi connectivity index (χ4v) is 5.02. The number of halogens is 2. The highest BCUT2D eigenvalue weighted by atomic mass is 19.1. The fraction of sp³-hybridized carbons (Fsp3) is 0.481. The Hall–Kier alpha value is -3.44. The molecule has 11 heteroatoms. The van der Waals surface area contributed by atoms with Crippen LogP contribution in [-0.4, -0.2) is 63.9 Å². The SMILES string of the molecule is C[C@@H]1CN(c2nc(-c3ccc(F)cc3F)c3cnn(C4CCCCO4)c3n2)C[C@H](C(C=NC2CC2)=CN)O1. The minimum atomic E-state index is -0.699. The molecule has 0 amide bonds. The number of rotatable bonds is 6. The Balaban J connectivity index is 1.42. The third kappa shape index (κ3) is 5.00. The minimum Gasteiger partial charge on any atom is -0.404 e. The third-order valence-electron chi connectivity index (χ3n) is 7.15. The predicted molar refractivity (Wildman–Crippen MR) is 140 cm³/mol. The van der Waals surface area contributed by atoms with E-state index in [2.05, 4.69) is 10.1 Å². The molecule has 1 saturated carbocycles. The van der Waals surface area contributed by atoms with Crippen LogP contribution in [0.15, 0.2) is 41.2 Å². The van der Waals surface area contributed by atoms with Crippen molar-refractivity contribution in [2.75, 3.05) is 24.6 Å². The number of hydrogen-bond donors (Lipinski definition) is 1. The average molecular weight is 524 g/mol. The molecule has 2 saturated heterocycles. The van der Waals surface area contributed by atoms with Crippen molar-refractivity contribution in [2.45, 2.75) is 63.5 Å². The quantitative estimate of drug-likeness (QED) is 0.485. The molecule has 9 nitrogen and oxygen atoms in total. The van der Waals surface area contributed by atoms with Crippen molar-refractivity contribution in [1.29, 1.82) is 0 Å². The van der Waals surface area contributed by atoms with Gasteiger partial charge in [-0.2, -0.15) is 10.1 Å². The van der Waals surface area contributed by atoms with Crippen LogP contribution < -0.4 is 10.6 Å². The van der Waals surface area contributed by atoms with Gasteiger partial charge >= 0.3 is 0 Å². The first kappa shape index (κ1) is 24.9. The zero-order chi connectivity index (χ0) is 26.2. The lowest BCUT2D eigenvalue weighted by atomic mass is 10.1. The number of aromatic nitrogens is 4. The number of ether oxygens (including phenoxy) is 2. The summed E-state index contributed by atoms with van der Waals surface area (Å²) in [6.07, 6.45) is 9.23. The summed E-state index contributed by atoms with van der Waals surface area (Å²) in [5.74, 6) is -0.943. The lowest BCUT2D eigenvalue weighted by Gasteiger charge is -2.37. The van der Waals surface area contributed by atoms with Crippen LogP contribution in [0, 0.1) is 11.6 Å². The molecule has 38 heavy (non-hydrogen) atoms. The van der Waals surface area contributed by atoms with Gasteiger partial charge in [0.05, 0.1) is 36.0 Å². The zero-order valence-corrected chi connectivity index (χ0v) is 21.3. The van der Waals surface area contributed by atoms with Gasteiger partial charge in [-0.15, -0.1) is 0 Å². The number of nitrogens with two attached hydrogens (primary N) is 1. The van der Waals surface area contributed by atoms with Crippen LogP contribution in [0.1, 0.15) is 45.3 Å². The second-order valence-electron chi connectivity index (χ2n) is 10.2. The lowest BCUT2D eigenvalue weighted by Crippen LogP contribution is -2.48. The van der Waals surface area contributed by atoms with Gasteiger partial charge in [0.25, 0.3) is 0 Å². The number of anilines is 1. The number of morpholine rings is 1. The van der Waals surface area contributed by atoms with E-state index in [9.17, 15) is 4.39 Å². The Morgan fingerprint density at radius 1 is 1.16 bits per heavy atom. The molecular weight excluding hydrogens is 492 g/mol. The number of nitrogens with zero attached hydrogens (tertiary/aromatic N) is 6. The summed E-state index contributed by atoms with van der Waals surface area (Å²) in [5.41, 5.74) is 7.82. The van der Waals surface area contributed by atoms with E-state index in [1.807, 2.05) is 11.8 Å². The van der Waals surface area contributed by atoms with Gasteiger partial charge in [0.1, 0.15) is 17.7 Å². The highest BCUT2D eigenvalue weighted by Gasteiger charge is 2.31. The van der Waals surface area contributed by atoms with Gasteiger partial charge in [-0.3, -0.25) is 4.99 Å². The average Bonchev–Trinajstić information content (AvgIpc) is 3.65. The van der Waals surface area contributed by atoms with Crippen molar-refractivity contribution in [2.24, 2.45) is 10.7 Å². The van der Waals surface area contributed by atoms with Crippen LogP contribution in [0.4, 0.5) is 14.7 Å². The molecule has 1 aliphatic carbocycles. The molecule has 1 aromatic carbocycles. The van der Waals surface area contributed by atoms with Gasteiger partial charge in [0.2, 0.25) is 5.95 Å². The fourth-order valence-electron chi connectivity index (χ4n) is 5.02. The van der Waals surface area contributed by atoms with Crippen molar-refractivity contribution in [1.82, 2.24) is 19.7 Å². The monoisotopic (exact) mass is 523 g/mol. The molecule has 2 N–H and O–H groups in total. The van der Waals surface area contributed by atoms with E-state index < -0.39 is 11.6 Å². The highest BCUT2D eigenvalue weighted by Crippen LogP contribution is 2.34. The van der Waals surface area contributed by atoms with Crippen molar-refractivity contribution in [3.63, 3.8) is 0 Å². The Morgan fingerprint density at radius 2 is 2.03 bits per heavy atom. The van der Waals surface area contributed by atoms with Crippen molar-refractivity contribution >= 4 is 23.2 Å². The van der Waals surface area contributed by atoms with Gasteiger partial charge in [-0.1, -0.05) is 0 Å². The van der Waals surface area contributed by atoms with Gasteiger partial charge in [-0.25, -0.2) is 18.4 Å². The molecule has 3 aliphatic rings. The molecule has 200 valence electrons. The lowest BCUT2D eigenvalue weighted by molar-refractivity contribution is -0.0370. The maximum absolute atomic E-state index is 15.0. The normalized spacial score (nSPS) is 25.0. The van der Waals surface area contributed by atoms with Crippen LogP contribution >= 0.6 is 0 Å². The largest absolute Gasteiger partial charge is 0.404 e. The van der Waals surface area contributed by atoms with Crippen LogP contribution in [0.5, 0.6) is 0 Å². The summed E-state index contributed by atoms with van der Waals surface area (Å²) < 4.78 is 42.7. The first-order valence-electron chi connectivity index (χ1n) is 13.2. The molecule has 0 spiro atoms. The van der Waals surface area contributed by atoms with E-state index in [1.165, 1.54) is 18.3 Å². The standard InChI is InChI=1S/C27H31F2N7O2/c1-16-14-35(15-23(38-16)17(11-30)12-31-19-6-7-19)27-33-25(20-8-5-18(28)10-22(20)29)21-13-32-36(26(21)34-27)24-4-2-3-9-37-24/h5,8,10-13,16,19,23-24H,2-4,6-7,9,14-15,30H2,1H3/t16-,23-,24?/m1/s1. The van der Waals surface area contributed by atoms with E-state index in [0.29, 0.717) is 48.4 Å². The Morgan fingerprint density at radius 3 is 2.76 bits per heavy atom. The molecule has 3 aromatic rings. The molecule has 3 atom stereocenters. The molecule has 4 heterocycles. The predicted octanol–water partition coefficient (Wildman–Crippen LogP) is 4.14. The first-order valence-corrected chi connectivity index (χ1v) is 13.2. The van der Waals surface area contributed by atoms with Crippen molar-refractivity contribution < 1.29 is 18.3 Å². The van der Waals surface area contributed by atoms with Gasteiger partial charge in [-0.05, 0) is 51.2 Å². The van der Waals surface area contributed by atoms with E-state index in [0.717, 1.165) is 43.7 Å². The maximum Gasteiger partial charge on any atom is 0.228 e. The topological polar surface area (TPSA) is 104 Å². The van der Waals surface area contributed by atoms with Gasteiger partial charge < -0.3 is 20.1 Å². The summed E-state index contributed by atoms with van der Waals surface area (Å²) in [6.45, 7) is 3.58. The van der Waals surface area contributed by atoms with Crippen LogP contribution in [-0.2, 0) is 9.47 Å². The Labute approximate surface area is 219 Å². The molecular formula is C27H31F2N7O2. The van der Waals surface area contributed by atoms with E-state index in [1.54, 1.807) is 17.1 Å². The minimum absolute atomic E-state index is 0.144. The Bertz CT molecular complexity index is 1380. The molecule has 0 bridgehead atoms. The molecule has 2 aliphatic heterocycles. The van der Waals surface area contributed by atoms with Crippen LogP contribution in [0.3, 0.4) is 0 Å². The highest BCUT2D eigenvalue weighted by molar-refractivity contribution is 5.91. The van der Waals surface area contributed by atoms with E-state index in [4.69, 9.17) is 25.2 Å². The van der Waals surface area contributed by atoms with Crippen LogP contribution in [0.2, 0.25) is 0 Å². The van der Waals surface area contributed by atoms with Crippen LogP contribution in [0.25, 0.3) is 22.3 Å². The smallest absolute Gasteiger partial charge is 0.228 e. The van der Waals surface area contributed by atoms with Gasteiger partial charge in [0.15, 0.2) is 11.9 Å². The second-order valence-corrected chi connectivity index (χ2v) is 10.2. The number of aliphatic imine (C=N–C) groups is 1. The second kappa shape index (κ2) is 10.4. The number of fused-ring (bicyclic) bond motifs is 1. The molecule has 0 radical (unpaired) electrons. The van der Waals surface area contributed by atoms with Crippen molar-refractivity contribution in [3.05, 3.63) is 47.8 Å². The Kier molecular flexibility index (Phi) is 6.79. The molecule has 3 fully saturated rings. The van der Waals surface area contributed by atoms with E-state index in [-0.39, 0.29) is 24.0 Å². The summed E-state index contributed by atoms with van der Waals surface area (Å²) in [4.78, 5) is 16.3. The van der Waals surface area contributed by atoms with Crippen molar-refractivity contribution in [3.8, 4) is 11.3 Å². The number of hydrogen-bond acceptors (Lipinski definition) is 8. The maximum atomic E-state index is 15.0. The summed E-state index contributed by atoms with van der Waals surface area (Å²) >= 11 is 0. The molecule has 6 rings (SSSR count). The number of benzene rings is 1. The summed E-state index contributed by atoms with van der Waals surface area (Å²) in [5, 5.41) is 5.14. The molecule has 1 unspecified atom stereocenters. The zero-order valence-electron chi connectivity index (χ0n) is 21.3. The third-order valence-corrected chi connectivity index (χ3v) is 7.15. The first-order chi connectivity index (χ1) is 18.5.